The van der Waals surface area contributed by atoms with Crippen LogP contribution in [0, 0.1) is 16.0 Å². The number of amidine groups is 1. The number of anilines is 1. The molecule has 0 bridgehead atoms. The van der Waals surface area contributed by atoms with E-state index in [1.165, 1.54) is 37.5 Å². The highest BCUT2D eigenvalue weighted by Gasteiger charge is 2.32. The van der Waals surface area contributed by atoms with E-state index in [1.54, 1.807) is 6.07 Å². The molecule has 1 unspecified atom stereocenters. The Kier molecular flexibility index (Phi) is 6.97. The molecule has 0 spiro atoms. The van der Waals surface area contributed by atoms with Crippen molar-refractivity contribution in [3.05, 3.63) is 34.4 Å². The van der Waals surface area contributed by atoms with Gasteiger partial charge in [0.25, 0.3) is 5.69 Å². The van der Waals surface area contributed by atoms with E-state index in [1.807, 2.05) is 6.92 Å². The van der Waals surface area contributed by atoms with Gasteiger partial charge in [-0.3, -0.25) is 19.7 Å². The SMILES string of the molecule is C/C(=N/N=C1\NC(=O)C(CC(=O)Nc2ccccc2[N+](=O)[O-])S1)C1CCCCC1. The van der Waals surface area contributed by atoms with E-state index in [9.17, 15) is 19.7 Å². The second-order valence-electron chi connectivity index (χ2n) is 7.10. The number of hydrogen-bond acceptors (Lipinski definition) is 7. The first kappa shape index (κ1) is 21.0. The van der Waals surface area contributed by atoms with Crippen LogP contribution in [-0.4, -0.2) is 32.9 Å². The number of rotatable bonds is 6. The number of hydrogen-bond donors (Lipinski definition) is 2. The van der Waals surface area contributed by atoms with Crippen LogP contribution < -0.4 is 10.6 Å². The van der Waals surface area contributed by atoms with Gasteiger partial charge in [-0.2, -0.15) is 5.10 Å². The molecule has 2 amide bonds. The fourth-order valence-corrected chi connectivity index (χ4v) is 4.34. The van der Waals surface area contributed by atoms with Crippen molar-refractivity contribution in [3.8, 4) is 0 Å². The number of para-hydroxylation sites is 2. The zero-order valence-corrected chi connectivity index (χ0v) is 16.9. The van der Waals surface area contributed by atoms with Crippen LogP contribution in [0.15, 0.2) is 34.5 Å². The van der Waals surface area contributed by atoms with Crippen molar-refractivity contribution < 1.29 is 14.5 Å². The lowest BCUT2D eigenvalue weighted by Crippen LogP contribution is -2.28. The van der Waals surface area contributed by atoms with Crippen molar-refractivity contribution in [2.45, 2.75) is 50.7 Å². The summed E-state index contributed by atoms with van der Waals surface area (Å²) in [5.74, 6) is -0.356. The summed E-state index contributed by atoms with van der Waals surface area (Å²) in [4.78, 5) is 34.9. The number of nitrogens with one attached hydrogen (secondary N) is 2. The van der Waals surface area contributed by atoms with E-state index >= 15 is 0 Å². The zero-order chi connectivity index (χ0) is 20.8. The Balaban J connectivity index is 1.58. The molecule has 0 radical (unpaired) electrons. The third-order valence-electron chi connectivity index (χ3n) is 5.02. The highest BCUT2D eigenvalue weighted by molar-refractivity contribution is 8.15. The van der Waals surface area contributed by atoms with Crippen molar-refractivity contribution in [1.29, 1.82) is 0 Å². The van der Waals surface area contributed by atoms with Crippen molar-refractivity contribution in [2.75, 3.05) is 5.32 Å². The van der Waals surface area contributed by atoms with Crippen molar-refractivity contribution >= 4 is 45.8 Å². The molecule has 1 aromatic carbocycles. The number of nitrogens with zero attached hydrogens (tertiary/aromatic N) is 3. The monoisotopic (exact) mass is 417 g/mol. The molecule has 1 aliphatic heterocycles. The maximum atomic E-state index is 12.3. The van der Waals surface area contributed by atoms with Gasteiger partial charge in [-0.05, 0) is 31.7 Å². The molecular weight excluding hydrogens is 394 g/mol. The maximum Gasteiger partial charge on any atom is 0.292 e. The Hall–Kier alpha value is -2.75. The first-order valence-electron chi connectivity index (χ1n) is 9.57. The van der Waals surface area contributed by atoms with Gasteiger partial charge in [-0.25, -0.2) is 0 Å². The van der Waals surface area contributed by atoms with Gasteiger partial charge in [0.1, 0.15) is 10.9 Å². The summed E-state index contributed by atoms with van der Waals surface area (Å²) in [5.41, 5.74) is 0.872. The minimum atomic E-state index is -0.651. The van der Waals surface area contributed by atoms with E-state index in [-0.39, 0.29) is 23.7 Å². The fourth-order valence-electron chi connectivity index (χ4n) is 3.42. The zero-order valence-electron chi connectivity index (χ0n) is 16.1. The average molecular weight is 417 g/mol. The van der Waals surface area contributed by atoms with Crippen LogP contribution in [-0.2, 0) is 9.59 Å². The second-order valence-corrected chi connectivity index (χ2v) is 8.30. The number of thioether (sulfide) groups is 1. The summed E-state index contributed by atoms with van der Waals surface area (Å²) >= 11 is 1.14. The van der Waals surface area contributed by atoms with Crippen LogP contribution >= 0.6 is 11.8 Å². The molecule has 1 heterocycles. The van der Waals surface area contributed by atoms with Gasteiger partial charge in [0, 0.05) is 18.2 Å². The normalized spacial score (nSPS) is 21.8. The Labute approximate surface area is 172 Å². The Morgan fingerprint density at radius 3 is 2.76 bits per heavy atom. The van der Waals surface area contributed by atoms with Gasteiger partial charge in [0.05, 0.1) is 4.92 Å². The lowest BCUT2D eigenvalue weighted by Gasteiger charge is -2.20. The standard InChI is InChI=1S/C19H23N5O4S/c1-12(13-7-3-2-4-8-13)22-23-19-21-18(26)16(29-19)11-17(25)20-14-9-5-6-10-15(14)24(27)28/h5-6,9-10,13,16H,2-4,7-8,11H2,1H3,(H,20,25)(H,21,23,26)/b22-12-. The predicted molar refractivity (Wildman–Crippen MR) is 113 cm³/mol. The molecule has 3 rings (SSSR count). The van der Waals surface area contributed by atoms with Gasteiger partial charge in [-0.15, -0.1) is 5.10 Å². The van der Waals surface area contributed by atoms with Gasteiger partial charge in [0.15, 0.2) is 5.17 Å². The second kappa shape index (κ2) is 9.64. The molecule has 10 heteroatoms. The summed E-state index contributed by atoms with van der Waals surface area (Å²) in [6, 6.07) is 5.88. The first-order chi connectivity index (χ1) is 13.9. The van der Waals surface area contributed by atoms with E-state index in [0.29, 0.717) is 11.1 Å². The highest BCUT2D eigenvalue weighted by Crippen LogP contribution is 2.27. The van der Waals surface area contributed by atoms with Crippen molar-refractivity contribution in [2.24, 2.45) is 16.1 Å². The molecule has 154 valence electrons. The number of carbonyl (C=O) groups excluding carboxylic acids is 2. The fraction of sp³-hybridized carbons (Fsp3) is 0.474. The summed E-state index contributed by atoms with van der Waals surface area (Å²) in [6.45, 7) is 1.96. The molecule has 2 fully saturated rings. The van der Waals surface area contributed by atoms with Crippen LogP contribution in [0.3, 0.4) is 0 Å². The van der Waals surface area contributed by atoms with Crippen LogP contribution in [0.4, 0.5) is 11.4 Å². The first-order valence-corrected chi connectivity index (χ1v) is 10.4. The summed E-state index contributed by atoms with van der Waals surface area (Å²) in [5, 5.41) is 24.3. The smallest absolute Gasteiger partial charge is 0.292 e. The third kappa shape index (κ3) is 5.63. The predicted octanol–water partition coefficient (Wildman–Crippen LogP) is 3.47. The van der Waals surface area contributed by atoms with Crippen LogP contribution in [0.2, 0.25) is 0 Å². The van der Waals surface area contributed by atoms with Gasteiger partial charge >= 0.3 is 0 Å². The number of nitro groups is 1. The lowest BCUT2D eigenvalue weighted by molar-refractivity contribution is -0.383. The van der Waals surface area contributed by atoms with E-state index < -0.39 is 16.1 Å². The molecular formula is C19H23N5O4S. The van der Waals surface area contributed by atoms with Gasteiger partial charge < -0.3 is 10.6 Å². The highest BCUT2D eigenvalue weighted by atomic mass is 32.2. The quantitative estimate of drug-likeness (QED) is 0.416. The van der Waals surface area contributed by atoms with Crippen molar-refractivity contribution in [1.82, 2.24) is 5.32 Å². The van der Waals surface area contributed by atoms with E-state index in [4.69, 9.17) is 0 Å². The maximum absolute atomic E-state index is 12.3. The topological polar surface area (TPSA) is 126 Å². The largest absolute Gasteiger partial charge is 0.320 e. The molecule has 29 heavy (non-hydrogen) atoms. The minimum Gasteiger partial charge on any atom is -0.320 e. The molecule has 0 aromatic heterocycles. The number of amides is 2. The average Bonchev–Trinajstić information content (AvgIpc) is 3.06. The molecule has 2 aliphatic rings. The number of benzene rings is 1. The van der Waals surface area contributed by atoms with E-state index in [2.05, 4.69) is 20.8 Å². The number of nitro benzene ring substituents is 1. The summed E-state index contributed by atoms with van der Waals surface area (Å²) in [7, 11) is 0. The Morgan fingerprint density at radius 1 is 1.31 bits per heavy atom. The van der Waals surface area contributed by atoms with Gasteiger partial charge in [0.2, 0.25) is 11.8 Å². The molecule has 1 aliphatic carbocycles. The lowest BCUT2D eigenvalue weighted by atomic mass is 9.86. The number of carbonyl (C=O) groups is 2. The van der Waals surface area contributed by atoms with Crippen LogP contribution in [0.5, 0.6) is 0 Å². The van der Waals surface area contributed by atoms with Crippen LogP contribution in [0.1, 0.15) is 45.4 Å². The molecule has 9 nitrogen and oxygen atoms in total. The summed E-state index contributed by atoms with van der Waals surface area (Å²) in [6.07, 6.45) is 5.79. The molecule has 1 saturated heterocycles. The Morgan fingerprint density at radius 2 is 2.03 bits per heavy atom. The molecule has 1 saturated carbocycles. The van der Waals surface area contributed by atoms with Gasteiger partial charge in [-0.1, -0.05) is 43.2 Å². The molecule has 2 N–H and O–H groups in total. The molecule has 1 aromatic rings. The Bertz CT molecular complexity index is 864. The summed E-state index contributed by atoms with van der Waals surface area (Å²) < 4.78 is 0. The third-order valence-corrected chi connectivity index (χ3v) is 6.09. The minimum absolute atomic E-state index is 0.104. The molecule has 1 atom stereocenters. The van der Waals surface area contributed by atoms with Crippen molar-refractivity contribution in [3.63, 3.8) is 0 Å². The van der Waals surface area contributed by atoms with Crippen LogP contribution in [0.25, 0.3) is 0 Å². The van der Waals surface area contributed by atoms with E-state index in [0.717, 1.165) is 30.3 Å².